The molecule has 2 N–H and O–H groups in total. The zero-order valence-corrected chi connectivity index (χ0v) is 12.6. The van der Waals surface area contributed by atoms with Crippen molar-refractivity contribution < 1.29 is 14.9 Å². The zero-order chi connectivity index (χ0) is 16.5. The molecular weight excluding hydrogens is 310 g/mol. The van der Waals surface area contributed by atoms with Crippen LogP contribution >= 0.6 is 0 Å². The lowest BCUT2D eigenvalue weighted by molar-refractivity contribution is -0.0134. The number of aromatic hydroxyl groups is 1. The smallest absolute Gasteiger partial charge is 0.252 e. The van der Waals surface area contributed by atoms with Crippen LogP contribution in [0.5, 0.6) is 11.6 Å². The first-order chi connectivity index (χ1) is 11.7. The highest BCUT2D eigenvalue weighted by Crippen LogP contribution is 2.29. The molecule has 8 nitrogen and oxygen atoms in total. The molecule has 1 aliphatic carbocycles. The van der Waals surface area contributed by atoms with Crippen molar-refractivity contribution in [1.29, 1.82) is 0 Å². The van der Waals surface area contributed by atoms with Crippen LogP contribution in [0.15, 0.2) is 43.1 Å². The lowest BCUT2D eigenvalue weighted by atomic mass is 9.92. The zero-order valence-electron chi connectivity index (χ0n) is 12.6. The highest BCUT2D eigenvalue weighted by molar-refractivity contribution is 5.65. The number of rotatable bonds is 4. The molecule has 24 heavy (non-hydrogen) atoms. The number of aromatic nitrogens is 5. The van der Waals surface area contributed by atoms with Gasteiger partial charge in [0.15, 0.2) is 5.82 Å². The van der Waals surface area contributed by atoms with Gasteiger partial charge in [0.1, 0.15) is 11.9 Å². The number of phenols is 1. The van der Waals surface area contributed by atoms with Crippen molar-refractivity contribution in [1.82, 2.24) is 24.7 Å². The molecule has 0 bridgehead atoms. The third-order valence-electron chi connectivity index (χ3n) is 3.92. The van der Waals surface area contributed by atoms with Gasteiger partial charge in [-0.3, -0.25) is 0 Å². The van der Waals surface area contributed by atoms with E-state index in [9.17, 15) is 10.2 Å². The van der Waals surface area contributed by atoms with E-state index < -0.39 is 0 Å². The first-order valence-corrected chi connectivity index (χ1v) is 7.55. The lowest BCUT2D eigenvalue weighted by Gasteiger charge is -2.30. The molecule has 0 aliphatic heterocycles. The molecule has 3 aromatic rings. The Balaban J connectivity index is 1.53. The molecule has 0 amide bonds. The Labute approximate surface area is 137 Å². The number of hydrogen-bond acceptors (Lipinski definition) is 7. The second-order valence-electron chi connectivity index (χ2n) is 5.66. The van der Waals surface area contributed by atoms with Gasteiger partial charge >= 0.3 is 0 Å². The van der Waals surface area contributed by atoms with Gasteiger partial charge in [0.2, 0.25) is 0 Å². The summed E-state index contributed by atoms with van der Waals surface area (Å²) in [5, 5.41) is 27.5. The van der Waals surface area contributed by atoms with Gasteiger partial charge in [0, 0.05) is 31.3 Å². The minimum Gasteiger partial charge on any atom is -0.507 e. The second-order valence-corrected chi connectivity index (χ2v) is 5.66. The summed E-state index contributed by atoms with van der Waals surface area (Å²) in [4.78, 5) is 8.17. The highest BCUT2D eigenvalue weighted by atomic mass is 16.5. The van der Waals surface area contributed by atoms with Gasteiger partial charge in [0.25, 0.3) is 5.88 Å². The quantitative estimate of drug-likeness (QED) is 0.745. The van der Waals surface area contributed by atoms with Crippen LogP contribution in [0.4, 0.5) is 0 Å². The molecule has 0 saturated heterocycles. The van der Waals surface area contributed by atoms with Gasteiger partial charge < -0.3 is 19.5 Å². The van der Waals surface area contributed by atoms with Crippen LogP contribution in [0.2, 0.25) is 0 Å². The largest absolute Gasteiger partial charge is 0.507 e. The predicted molar refractivity (Wildman–Crippen MR) is 83.7 cm³/mol. The van der Waals surface area contributed by atoms with E-state index in [-0.39, 0.29) is 18.0 Å². The Morgan fingerprint density at radius 1 is 1.21 bits per heavy atom. The van der Waals surface area contributed by atoms with Crippen molar-refractivity contribution in [3.8, 4) is 28.7 Å². The summed E-state index contributed by atoms with van der Waals surface area (Å²) >= 11 is 0. The van der Waals surface area contributed by atoms with Crippen molar-refractivity contribution in [3.05, 3.63) is 43.1 Å². The fraction of sp³-hybridized carbons (Fsp3) is 0.250. The standard InChI is InChI=1S/C16H15N5O3/c22-11-6-12(7-11)24-15-8-18-16(20-19-15)13-2-1-10(5-14(13)23)21-4-3-17-9-21/h1-5,8-9,11-12,22-23H,6-7H2/t11-,12+. The van der Waals surface area contributed by atoms with Gasteiger partial charge in [-0.05, 0) is 12.1 Å². The van der Waals surface area contributed by atoms with Crippen molar-refractivity contribution in [2.24, 2.45) is 0 Å². The number of benzene rings is 1. The fourth-order valence-corrected chi connectivity index (χ4v) is 2.53. The molecule has 2 aromatic heterocycles. The van der Waals surface area contributed by atoms with Crippen molar-refractivity contribution >= 4 is 0 Å². The van der Waals surface area contributed by atoms with E-state index in [1.54, 1.807) is 35.4 Å². The molecule has 4 rings (SSSR count). The minimum absolute atomic E-state index is 0.0372. The van der Waals surface area contributed by atoms with Crippen molar-refractivity contribution in [2.75, 3.05) is 0 Å². The molecule has 122 valence electrons. The number of hydrogen-bond donors (Lipinski definition) is 2. The lowest BCUT2D eigenvalue weighted by Crippen LogP contribution is -2.37. The van der Waals surface area contributed by atoms with E-state index in [1.807, 2.05) is 6.07 Å². The Bertz CT molecular complexity index is 829. The van der Waals surface area contributed by atoms with Crippen LogP contribution in [0.25, 0.3) is 17.1 Å². The molecule has 0 radical (unpaired) electrons. The minimum atomic E-state index is -0.291. The van der Waals surface area contributed by atoms with Crippen molar-refractivity contribution in [2.45, 2.75) is 25.0 Å². The first kappa shape index (κ1) is 14.6. The Morgan fingerprint density at radius 2 is 2.08 bits per heavy atom. The van der Waals surface area contributed by atoms with Crippen LogP contribution in [0, 0.1) is 0 Å². The molecule has 1 fully saturated rings. The average molecular weight is 325 g/mol. The van der Waals surface area contributed by atoms with E-state index in [1.165, 1.54) is 6.20 Å². The fourth-order valence-electron chi connectivity index (χ4n) is 2.53. The summed E-state index contributed by atoms with van der Waals surface area (Å²) in [6.07, 6.45) is 7.44. The van der Waals surface area contributed by atoms with Crippen LogP contribution < -0.4 is 4.74 Å². The highest BCUT2D eigenvalue weighted by Gasteiger charge is 2.29. The molecule has 8 heteroatoms. The summed E-state index contributed by atoms with van der Waals surface area (Å²) < 4.78 is 7.33. The SMILES string of the molecule is Oc1cc(-n2ccnc2)ccc1-c1ncc(O[C@H]2C[C@@H](O)C2)nn1. The van der Waals surface area contributed by atoms with Gasteiger partial charge in [-0.15, -0.1) is 10.2 Å². The third kappa shape index (κ3) is 2.79. The molecule has 0 unspecified atom stereocenters. The maximum absolute atomic E-state index is 10.2. The van der Waals surface area contributed by atoms with Gasteiger partial charge in [-0.1, -0.05) is 0 Å². The summed E-state index contributed by atoms with van der Waals surface area (Å²) in [5.41, 5.74) is 1.27. The molecule has 2 heterocycles. The number of aliphatic hydroxyl groups excluding tert-OH is 1. The number of imidazole rings is 1. The Hall–Kier alpha value is -3.00. The molecule has 1 saturated carbocycles. The van der Waals surface area contributed by atoms with Crippen LogP contribution in [0.3, 0.4) is 0 Å². The monoisotopic (exact) mass is 325 g/mol. The van der Waals surface area contributed by atoms with Gasteiger partial charge in [0.05, 0.1) is 29.9 Å². The van der Waals surface area contributed by atoms with Crippen molar-refractivity contribution in [3.63, 3.8) is 0 Å². The topological polar surface area (TPSA) is 106 Å². The number of phenolic OH excluding ortho intramolecular Hbond substituents is 1. The van der Waals surface area contributed by atoms with Gasteiger partial charge in [-0.25, -0.2) is 9.97 Å². The Kier molecular flexibility index (Phi) is 3.58. The van der Waals surface area contributed by atoms with E-state index in [0.717, 1.165) is 5.69 Å². The summed E-state index contributed by atoms with van der Waals surface area (Å²) in [6.45, 7) is 0. The van der Waals surface area contributed by atoms with Crippen LogP contribution in [-0.4, -0.2) is 47.2 Å². The molecule has 1 aromatic carbocycles. The van der Waals surface area contributed by atoms with Gasteiger partial charge in [-0.2, -0.15) is 0 Å². The Morgan fingerprint density at radius 3 is 2.71 bits per heavy atom. The van der Waals surface area contributed by atoms with Crippen LogP contribution in [0.1, 0.15) is 12.8 Å². The number of aliphatic hydroxyl groups is 1. The molecule has 0 atom stereocenters. The predicted octanol–water partition coefficient (Wildman–Crippen LogP) is 1.33. The summed E-state index contributed by atoms with van der Waals surface area (Å²) in [7, 11) is 0. The van der Waals surface area contributed by atoms with E-state index >= 15 is 0 Å². The third-order valence-corrected chi connectivity index (χ3v) is 3.92. The molecule has 1 aliphatic rings. The normalized spacial score (nSPS) is 19.7. The van der Waals surface area contributed by atoms with Crippen LogP contribution in [-0.2, 0) is 0 Å². The average Bonchev–Trinajstić information content (AvgIpc) is 3.09. The second kappa shape index (κ2) is 5.89. The summed E-state index contributed by atoms with van der Waals surface area (Å²) in [5.74, 6) is 0.676. The van der Waals surface area contributed by atoms with E-state index in [2.05, 4.69) is 20.2 Å². The van der Waals surface area contributed by atoms with E-state index in [0.29, 0.717) is 30.1 Å². The first-order valence-electron chi connectivity index (χ1n) is 7.55. The van der Waals surface area contributed by atoms with E-state index in [4.69, 9.17) is 4.74 Å². The maximum Gasteiger partial charge on any atom is 0.252 e. The maximum atomic E-state index is 10.2. The summed E-state index contributed by atoms with van der Waals surface area (Å²) in [6, 6.07) is 5.17. The number of ether oxygens (including phenoxy) is 1. The molecular formula is C16H15N5O3. The molecule has 0 spiro atoms. The number of nitrogens with zero attached hydrogens (tertiary/aromatic N) is 5.